The largest absolute Gasteiger partial charge is 0.453 e. The van der Waals surface area contributed by atoms with E-state index < -0.39 is 8.32 Å². The molecule has 6 heteroatoms. The Bertz CT molecular complexity index is 327. The predicted molar refractivity (Wildman–Crippen MR) is 76.6 cm³/mol. The summed E-state index contributed by atoms with van der Waals surface area (Å²) in [6, 6.07) is 0. The summed E-state index contributed by atoms with van der Waals surface area (Å²) in [6.45, 7) is 11.6. The third-order valence-electron chi connectivity index (χ3n) is 4.16. The van der Waals surface area contributed by atoms with Crippen LogP contribution in [0.5, 0.6) is 0 Å². The van der Waals surface area contributed by atoms with Crippen LogP contribution in [0, 0.1) is 0 Å². The molecule has 19 heavy (non-hydrogen) atoms. The van der Waals surface area contributed by atoms with Crippen molar-refractivity contribution in [2.24, 2.45) is 0 Å². The first kappa shape index (κ1) is 16.5. The van der Waals surface area contributed by atoms with Gasteiger partial charge in [0, 0.05) is 13.5 Å². The van der Waals surface area contributed by atoms with Crippen LogP contribution in [0.15, 0.2) is 0 Å². The number of amides is 1. The molecule has 0 aromatic rings. The fourth-order valence-electron chi connectivity index (χ4n) is 1.98. The second kappa shape index (κ2) is 5.81. The van der Waals surface area contributed by atoms with Gasteiger partial charge in [0.1, 0.15) is 6.23 Å². The number of rotatable bonds is 3. The molecule has 0 aliphatic carbocycles. The normalized spacial score (nSPS) is 24.7. The van der Waals surface area contributed by atoms with Crippen molar-refractivity contribution in [1.29, 1.82) is 0 Å². The fourth-order valence-corrected chi connectivity index (χ4v) is 3.33. The second-order valence-electron chi connectivity index (χ2n) is 6.55. The first-order valence-electron chi connectivity index (χ1n) is 6.67. The van der Waals surface area contributed by atoms with Gasteiger partial charge >= 0.3 is 6.09 Å². The summed E-state index contributed by atoms with van der Waals surface area (Å²) in [5.41, 5.74) is 0. The molecular weight excluding hydrogens is 262 g/mol. The number of ether oxygens (including phenoxy) is 2. The zero-order chi connectivity index (χ0) is 14.8. The highest BCUT2D eigenvalue weighted by Crippen LogP contribution is 2.38. The van der Waals surface area contributed by atoms with E-state index in [4.69, 9.17) is 13.9 Å². The molecule has 1 unspecified atom stereocenters. The van der Waals surface area contributed by atoms with Crippen LogP contribution >= 0.6 is 0 Å². The maximum absolute atomic E-state index is 11.7. The highest BCUT2D eigenvalue weighted by Gasteiger charge is 2.43. The van der Waals surface area contributed by atoms with E-state index >= 15 is 0 Å². The maximum atomic E-state index is 11.7. The molecule has 0 bridgehead atoms. The van der Waals surface area contributed by atoms with Crippen molar-refractivity contribution in [2.75, 3.05) is 20.8 Å². The zero-order valence-electron chi connectivity index (χ0n) is 13.1. The van der Waals surface area contributed by atoms with E-state index in [0.29, 0.717) is 13.0 Å². The Kier molecular flexibility index (Phi) is 5.03. The number of hydrogen-bond donors (Lipinski definition) is 0. The zero-order valence-corrected chi connectivity index (χ0v) is 14.1. The van der Waals surface area contributed by atoms with Crippen molar-refractivity contribution in [3.8, 4) is 0 Å². The molecule has 1 aliphatic heterocycles. The predicted octanol–water partition coefficient (Wildman–Crippen LogP) is 2.82. The molecule has 2 atom stereocenters. The van der Waals surface area contributed by atoms with Crippen molar-refractivity contribution in [1.82, 2.24) is 4.90 Å². The molecule has 0 spiro atoms. The summed E-state index contributed by atoms with van der Waals surface area (Å²) in [5.74, 6) is 0. The number of likely N-dealkylation sites (tertiary alicyclic amines) is 1. The maximum Gasteiger partial charge on any atom is 0.411 e. The van der Waals surface area contributed by atoms with Gasteiger partial charge in [0.05, 0.1) is 19.8 Å². The number of hydrogen-bond acceptors (Lipinski definition) is 4. The molecule has 1 fully saturated rings. The first-order valence-corrected chi connectivity index (χ1v) is 9.58. The van der Waals surface area contributed by atoms with Gasteiger partial charge in [-0.1, -0.05) is 20.8 Å². The second-order valence-corrected chi connectivity index (χ2v) is 11.3. The summed E-state index contributed by atoms with van der Waals surface area (Å²) in [4.78, 5) is 13.3. The van der Waals surface area contributed by atoms with Crippen molar-refractivity contribution in [3.05, 3.63) is 0 Å². The SMILES string of the molecule is COC(=O)N1C[C@H](O[Si](C)(C)C(C)(C)C)CC1OC. The Morgan fingerprint density at radius 1 is 1.26 bits per heavy atom. The van der Waals surface area contributed by atoms with Gasteiger partial charge in [-0.25, -0.2) is 4.79 Å². The van der Waals surface area contributed by atoms with Gasteiger partial charge in [0.25, 0.3) is 0 Å². The van der Waals surface area contributed by atoms with Gasteiger partial charge in [-0.2, -0.15) is 0 Å². The Hall–Kier alpha value is -0.593. The third-order valence-corrected chi connectivity index (χ3v) is 8.70. The number of carbonyl (C=O) groups is 1. The Balaban J connectivity index is 2.71. The first-order chi connectivity index (χ1) is 8.62. The summed E-state index contributed by atoms with van der Waals surface area (Å²) in [6.07, 6.45) is 0.137. The number of carbonyl (C=O) groups excluding carboxylic acids is 1. The van der Waals surface area contributed by atoms with Gasteiger partial charge in [-0.05, 0) is 18.1 Å². The average molecular weight is 289 g/mol. The lowest BCUT2D eigenvalue weighted by Gasteiger charge is -2.38. The van der Waals surface area contributed by atoms with Crippen molar-refractivity contribution < 1.29 is 18.7 Å². The van der Waals surface area contributed by atoms with E-state index in [0.717, 1.165) is 0 Å². The molecule has 112 valence electrons. The molecular formula is C13H27NO4Si. The number of nitrogens with zero attached hydrogens (tertiary/aromatic N) is 1. The summed E-state index contributed by atoms with van der Waals surface area (Å²) < 4.78 is 16.4. The molecule has 0 aromatic heterocycles. The van der Waals surface area contributed by atoms with E-state index in [1.165, 1.54) is 7.11 Å². The highest BCUT2D eigenvalue weighted by molar-refractivity contribution is 6.74. The average Bonchev–Trinajstić information content (AvgIpc) is 2.68. The van der Waals surface area contributed by atoms with Crippen LogP contribution in [0.1, 0.15) is 27.2 Å². The minimum atomic E-state index is -1.82. The van der Waals surface area contributed by atoms with Gasteiger partial charge in [-0.15, -0.1) is 0 Å². The van der Waals surface area contributed by atoms with E-state index in [-0.39, 0.29) is 23.5 Å². The molecule has 5 nitrogen and oxygen atoms in total. The molecule has 1 saturated heterocycles. The van der Waals surface area contributed by atoms with Crippen molar-refractivity contribution in [2.45, 2.75) is 57.7 Å². The Morgan fingerprint density at radius 2 is 1.84 bits per heavy atom. The molecule has 0 N–H and O–H groups in total. The highest BCUT2D eigenvalue weighted by atomic mass is 28.4. The molecule has 0 aromatic carbocycles. The Morgan fingerprint density at radius 3 is 2.26 bits per heavy atom. The van der Waals surface area contributed by atoms with Gasteiger partial charge < -0.3 is 13.9 Å². The third kappa shape index (κ3) is 3.70. The quantitative estimate of drug-likeness (QED) is 0.750. The minimum Gasteiger partial charge on any atom is -0.453 e. The monoisotopic (exact) mass is 289 g/mol. The van der Waals surface area contributed by atoms with Crippen LogP contribution in [0.25, 0.3) is 0 Å². The van der Waals surface area contributed by atoms with Crippen molar-refractivity contribution in [3.63, 3.8) is 0 Å². The van der Waals surface area contributed by atoms with Crippen LogP contribution in [0.4, 0.5) is 4.79 Å². The van der Waals surface area contributed by atoms with Crippen LogP contribution in [-0.4, -0.2) is 52.4 Å². The Labute approximate surface area is 117 Å². The standard InChI is InChI=1S/C13H27NO4Si/c1-13(2,3)19(6,7)18-10-8-11(16-4)14(9-10)12(15)17-5/h10-11H,8-9H2,1-7H3/t10-,11?/m1/s1. The molecule has 1 amide bonds. The molecule has 0 radical (unpaired) electrons. The number of methoxy groups -OCH3 is 2. The molecule has 1 rings (SSSR count). The lowest BCUT2D eigenvalue weighted by atomic mass is 10.2. The fraction of sp³-hybridized carbons (Fsp3) is 0.923. The van der Waals surface area contributed by atoms with Crippen LogP contribution in [0.2, 0.25) is 18.1 Å². The van der Waals surface area contributed by atoms with E-state index in [9.17, 15) is 4.79 Å². The summed E-state index contributed by atoms with van der Waals surface area (Å²) in [5, 5.41) is 0.161. The van der Waals surface area contributed by atoms with E-state index in [1.807, 2.05) is 0 Å². The van der Waals surface area contributed by atoms with E-state index in [2.05, 4.69) is 33.9 Å². The van der Waals surface area contributed by atoms with Crippen LogP contribution in [-0.2, 0) is 13.9 Å². The van der Waals surface area contributed by atoms with Crippen molar-refractivity contribution >= 4 is 14.4 Å². The summed E-state index contributed by atoms with van der Waals surface area (Å²) in [7, 11) is 1.17. The smallest absolute Gasteiger partial charge is 0.411 e. The van der Waals surface area contributed by atoms with Crippen LogP contribution in [0.3, 0.4) is 0 Å². The summed E-state index contributed by atoms with van der Waals surface area (Å²) >= 11 is 0. The van der Waals surface area contributed by atoms with Gasteiger partial charge in [0.2, 0.25) is 0 Å². The van der Waals surface area contributed by atoms with Gasteiger partial charge in [0.15, 0.2) is 8.32 Å². The molecule has 0 saturated carbocycles. The topological polar surface area (TPSA) is 48.0 Å². The van der Waals surface area contributed by atoms with E-state index in [1.54, 1.807) is 12.0 Å². The minimum absolute atomic E-state index is 0.0324. The lowest BCUT2D eigenvalue weighted by Crippen LogP contribution is -2.44. The lowest BCUT2D eigenvalue weighted by molar-refractivity contribution is -0.00113. The molecule has 1 aliphatic rings. The van der Waals surface area contributed by atoms with Crippen LogP contribution < -0.4 is 0 Å². The van der Waals surface area contributed by atoms with Gasteiger partial charge in [-0.3, -0.25) is 4.90 Å². The molecule has 1 heterocycles.